The van der Waals surface area contributed by atoms with Crippen molar-refractivity contribution in [2.45, 2.75) is 31.2 Å². The molecule has 0 aliphatic carbocycles. The lowest BCUT2D eigenvalue weighted by Gasteiger charge is -2.52. The van der Waals surface area contributed by atoms with Crippen molar-refractivity contribution in [3.8, 4) is 17.2 Å². The Bertz CT molecular complexity index is 1230. The minimum atomic E-state index is -0.462. The summed E-state index contributed by atoms with van der Waals surface area (Å²) in [6.07, 6.45) is 4.08. The first kappa shape index (κ1) is 22.0. The zero-order chi connectivity index (χ0) is 23.8. The lowest BCUT2D eigenvalue weighted by atomic mass is 9.92. The Hall–Kier alpha value is -3.48. The highest BCUT2D eigenvalue weighted by atomic mass is 16.5. The van der Waals surface area contributed by atoms with Crippen molar-refractivity contribution < 1.29 is 14.2 Å². The molecule has 0 radical (unpaired) electrons. The molecule has 1 spiro atoms. The molecule has 6 heteroatoms. The van der Waals surface area contributed by atoms with E-state index in [1.807, 2.05) is 24.3 Å². The van der Waals surface area contributed by atoms with Crippen LogP contribution >= 0.6 is 0 Å². The second-order valence-electron chi connectivity index (χ2n) is 9.43. The minimum Gasteiger partial charge on any atom is -0.497 e. The number of fused-ring (bicyclic) bond motifs is 4. The van der Waals surface area contributed by atoms with Crippen molar-refractivity contribution in [3.05, 3.63) is 95.6 Å². The van der Waals surface area contributed by atoms with Crippen molar-refractivity contribution in [1.29, 1.82) is 0 Å². The molecule has 0 saturated carbocycles. The Labute approximate surface area is 206 Å². The zero-order valence-corrected chi connectivity index (χ0v) is 20.2. The van der Waals surface area contributed by atoms with Crippen molar-refractivity contribution in [2.24, 2.45) is 0 Å². The number of nitrogens with zero attached hydrogens (tertiary/aromatic N) is 2. The van der Waals surface area contributed by atoms with E-state index in [-0.39, 0.29) is 6.04 Å². The van der Waals surface area contributed by atoms with Crippen molar-refractivity contribution >= 4 is 5.70 Å². The summed E-state index contributed by atoms with van der Waals surface area (Å²) in [5.74, 6) is 2.49. The van der Waals surface area contributed by atoms with Crippen LogP contribution in [0.25, 0.3) is 5.70 Å². The molecule has 6 rings (SSSR count). The minimum absolute atomic E-state index is 0.0516. The summed E-state index contributed by atoms with van der Waals surface area (Å²) in [5.41, 5.74) is 7.89. The van der Waals surface area contributed by atoms with Gasteiger partial charge in [0.05, 0.1) is 26.0 Å². The number of rotatable bonds is 5. The van der Waals surface area contributed by atoms with Crippen LogP contribution in [-0.4, -0.2) is 42.9 Å². The number of para-hydroxylation sites is 1. The largest absolute Gasteiger partial charge is 0.497 e. The number of hydrazine groups is 1. The molecule has 1 unspecified atom stereocenters. The fourth-order valence-corrected chi connectivity index (χ4v) is 5.52. The van der Waals surface area contributed by atoms with E-state index in [0.29, 0.717) is 0 Å². The van der Waals surface area contributed by atoms with Gasteiger partial charge in [-0.3, -0.25) is 4.90 Å². The van der Waals surface area contributed by atoms with E-state index in [0.717, 1.165) is 66.5 Å². The zero-order valence-electron chi connectivity index (χ0n) is 20.2. The second kappa shape index (κ2) is 8.95. The maximum Gasteiger partial charge on any atom is 0.183 e. The van der Waals surface area contributed by atoms with Gasteiger partial charge in [0, 0.05) is 43.6 Å². The summed E-state index contributed by atoms with van der Waals surface area (Å²) in [5, 5.41) is 2.32. The SMILES string of the molecule is COc1cccc(C2=CC3c4cccc(OC)c4OC4(CCN(Cc5ccccc5)CC4)N3N2)c1. The van der Waals surface area contributed by atoms with Crippen molar-refractivity contribution in [2.75, 3.05) is 27.3 Å². The molecule has 1 atom stereocenters. The first-order valence-corrected chi connectivity index (χ1v) is 12.2. The van der Waals surface area contributed by atoms with Crippen LogP contribution in [0.1, 0.15) is 35.6 Å². The van der Waals surface area contributed by atoms with E-state index in [1.54, 1.807) is 14.2 Å². The first-order chi connectivity index (χ1) is 17.2. The second-order valence-corrected chi connectivity index (χ2v) is 9.43. The molecular weight excluding hydrogens is 438 g/mol. The van der Waals surface area contributed by atoms with Gasteiger partial charge in [0.2, 0.25) is 0 Å². The highest BCUT2D eigenvalue weighted by Crippen LogP contribution is 2.51. The molecule has 3 aliphatic rings. The molecule has 180 valence electrons. The van der Waals surface area contributed by atoms with Gasteiger partial charge in [-0.2, -0.15) is 5.01 Å². The van der Waals surface area contributed by atoms with Crippen LogP contribution in [0.2, 0.25) is 0 Å². The Balaban J connectivity index is 1.32. The predicted octanol–water partition coefficient (Wildman–Crippen LogP) is 4.99. The number of benzene rings is 3. The highest BCUT2D eigenvalue weighted by Gasteiger charge is 2.52. The molecule has 0 bridgehead atoms. The van der Waals surface area contributed by atoms with Crippen LogP contribution in [0.15, 0.2) is 78.9 Å². The Kier molecular flexibility index (Phi) is 5.63. The van der Waals surface area contributed by atoms with Gasteiger partial charge in [-0.25, -0.2) is 0 Å². The normalized spacial score (nSPS) is 20.9. The van der Waals surface area contributed by atoms with Gasteiger partial charge in [0.25, 0.3) is 0 Å². The third kappa shape index (κ3) is 3.93. The topological polar surface area (TPSA) is 46.2 Å². The summed E-state index contributed by atoms with van der Waals surface area (Å²) in [4.78, 5) is 2.52. The molecule has 6 nitrogen and oxygen atoms in total. The maximum atomic E-state index is 6.88. The van der Waals surface area contributed by atoms with Gasteiger partial charge in [-0.05, 0) is 29.8 Å². The molecule has 3 aromatic rings. The summed E-state index contributed by atoms with van der Waals surface area (Å²) in [7, 11) is 3.42. The average Bonchev–Trinajstić information content (AvgIpc) is 3.38. The molecule has 1 saturated heterocycles. The molecule has 35 heavy (non-hydrogen) atoms. The summed E-state index contributed by atoms with van der Waals surface area (Å²) < 4.78 is 18.1. The van der Waals surface area contributed by atoms with Gasteiger partial charge >= 0.3 is 0 Å². The smallest absolute Gasteiger partial charge is 0.183 e. The first-order valence-electron chi connectivity index (χ1n) is 12.2. The van der Waals surface area contributed by atoms with E-state index < -0.39 is 5.72 Å². The molecule has 3 aliphatic heterocycles. The maximum absolute atomic E-state index is 6.88. The standard InChI is InChI=1S/C29H31N3O3/c1-33-23-11-6-10-22(18-23)25-19-26-24-12-7-13-27(34-2)28(24)35-29(32(26)30-25)14-16-31(17-15-29)20-21-8-4-3-5-9-21/h3-13,18-19,26,30H,14-17,20H2,1-2H3. The molecular formula is C29H31N3O3. The number of ether oxygens (including phenoxy) is 3. The average molecular weight is 470 g/mol. The monoisotopic (exact) mass is 469 g/mol. The lowest BCUT2D eigenvalue weighted by Crippen LogP contribution is -2.63. The van der Waals surface area contributed by atoms with Crippen molar-refractivity contribution in [3.63, 3.8) is 0 Å². The van der Waals surface area contributed by atoms with Crippen LogP contribution in [0.3, 0.4) is 0 Å². The molecule has 1 N–H and O–H groups in total. The molecule has 0 amide bonds. The molecule has 3 heterocycles. The van der Waals surface area contributed by atoms with E-state index in [4.69, 9.17) is 14.2 Å². The molecule has 3 aromatic carbocycles. The van der Waals surface area contributed by atoms with E-state index >= 15 is 0 Å². The van der Waals surface area contributed by atoms with Gasteiger partial charge in [0.15, 0.2) is 17.2 Å². The molecule has 0 aromatic heterocycles. The van der Waals surface area contributed by atoms with Gasteiger partial charge < -0.3 is 19.6 Å². The number of methoxy groups -OCH3 is 2. The number of hydrogen-bond acceptors (Lipinski definition) is 6. The Morgan fingerprint density at radius 2 is 1.74 bits per heavy atom. The van der Waals surface area contributed by atoms with E-state index in [2.05, 4.69) is 69.9 Å². The Morgan fingerprint density at radius 1 is 0.943 bits per heavy atom. The lowest BCUT2D eigenvalue weighted by molar-refractivity contribution is -0.161. The van der Waals surface area contributed by atoms with E-state index in [1.165, 1.54) is 5.56 Å². The van der Waals surface area contributed by atoms with Crippen LogP contribution in [0, 0.1) is 0 Å². The predicted molar refractivity (Wildman–Crippen MR) is 136 cm³/mol. The summed E-state index contributed by atoms with van der Waals surface area (Å²) in [6.45, 7) is 2.87. The fraction of sp³-hybridized carbons (Fsp3) is 0.310. The third-order valence-electron chi connectivity index (χ3n) is 7.39. The van der Waals surface area contributed by atoms with E-state index in [9.17, 15) is 0 Å². The molecule has 1 fully saturated rings. The quantitative estimate of drug-likeness (QED) is 0.568. The summed E-state index contributed by atoms with van der Waals surface area (Å²) in [6, 6.07) is 25.1. The number of nitrogens with one attached hydrogen (secondary N) is 1. The fourth-order valence-electron chi connectivity index (χ4n) is 5.52. The number of piperidine rings is 1. The number of hydrogen-bond donors (Lipinski definition) is 1. The van der Waals surface area contributed by atoms with Gasteiger partial charge in [-0.1, -0.05) is 54.6 Å². The van der Waals surface area contributed by atoms with Crippen molar-refractivity contribution in [1.82, 2.24) is 15.3 Å². The number of likely N-dealkylation sites (tertiary alicyclic amines) is 1. The highest BCUT2D eigenvalue weighted by molar-refractivity contribution is 5.69. The van der Waals surface area contributed by atoms with Gasteiger partial charge in [0.1, 0.15) is 5.75 Å². The van der Waals surface area contributed by atoms with Crippen LogP contribution < -0.4 is 19.6 Å². The van der Waals surface area contributed by atoms with Crippen LogP contribution in [0.4, 0.5) is 0 Å². The third-order valence-corrected chi connectivity index (χ3v) is 7.39. The van der Waals surface area contributed by atoms with Crippen LogP contribution in [0.5, 0.6) is 17.2 Å². The summed E-state index contributed by atoms with van der Waals surface area (Å²) >= 11 is 0. The van der Waals surface area contributed by atoms with Crippen LogP contribution in [-0.2, 0) is 6.54 Å². The van der Waals surface area contributed by atoms with Gasteiger partial charge in [-0.15, -0.1) is 0 Å². The Morgan fingerprint density at radius 3 is 2.51 bits per heavy atom.